The molecule has 0 aliphatic carbocycles. The minimum absolute atomic E-state index is 0.263. The minimum Gasteiger partial charge on any atom is -0.363 e. The molecule has 1 atom stereocenters. The highest BCUT2D eigenvalue weighted by atomic mass is 19.1. The van der Waals surface area contributed by atoms with E-state index in [-0.39, 0.29) is 11.9 Å². The van der Waals surface area contributed by atoms with Gasteiger partial charge in [-0.2, -0.15) is 0 Å². The highest BCUT2D eigenvalue weighted by molar-refractivity contribution is 5.61. The van der Waals surface area contributed by atoms with Crippen molar-refractivity contribution in [3.05, 3.63) is 75.9 Å². The molecule has 1 unspecified atom stereocenters. The maximum atomic E-state index is 13.6. The van der Waals surface area contributed by atoms with Gasteiger partial charge in [-0.15, -0.1) is 0 Å². The quantitative estimate of drug-likeness (QED) is 0.758. The number of hydrogen-bond donors (Lipinski definition) is 0. The summed E-state index contributed by atoms with van der Waals surface area (Å²) >= 11 is 0. The first-order valence-electron chi connectivity index (χ1n) is 7.55. The lowest BCUT2D eigenvalue weighted by atomic mass is 10.0. The second kappa shape index (κ2) is 5.81. The van der Waals surface area contributed by atoms with Gasteiger partial charge in [0, 0.05) is 17.8 Å². The zero-order valence-electron chi connectivity index (χ0n) is 12.9. The van der Waals surface area contributed by atoms with Gasteiger partial charge in [-0.25, -0.2) is 11.0 Å². The summed E-state index contributed by atoms with van der Waals surface area (Å²) < 4.78 is 13.6. The van der Waals surface area contributed by atoms with Crippen LogP contribution in [0.4, 0.5) is 10.1 Å². The van der Waals surface area contributed by atoms with E-state index in [9.17, 15) is 4.39 Å². The first-order chi connectivity index (χ1) is 10.6. The topological polar surface area (TPSA) is 7.60 Å². The summed E-state index contributed by atoms with van der Waals surface area (Å²) in [5, 5.41) is 0. The lowest BCUT2D eigenvalue weighted by Crippen LogP contribution is -2.25. The summed E-state index contributed by atoms with van der Waals surface area (Å²) in [5.41, 5.74) is 5.54. The summed E-state index contributed by atoms with van der Waals surface area (Å²) in [6.07, 6.45) is 1.02. The summed E-state index contributed by atoms with van der Waals surface area (Å²) in [5.74, 6) is -0.263. The molecule has 0 amide bonds. The van der Waals surface area contributed by atoms with E-state index in [1.807, 2.05) is 13.0 Å². The van der Waals surface area contributed by atoms with Crippen molar-refractivity contribution in [2.75, 3.05) is 18.0 Å². The van der Waals surface area contributed by atoms with Crippen molar-refractivity contribution in [1.29, 1.82) is 0 Å². The summed E-state index contributed by atoms with van der Waals surface area (Å²) in [6, 6.07) is 10.9. The van der Waals surface area contributed by atoms with E-state index in [0.717, 1.165) is 24.1 Å². The SMILES string of the molecule is [C-]#[N+]C(CN1CCc2c(C)cccc21)c1cc(C)cc(F)c1. The molecule has 0 N–H and O–H groups in total. The Morgan fingerprint density at radius 1 is 1.27 bits per heavy atom. The molecule has 0 saturated heterocycles. The number of nitrogens with zero attached hydrogens (tertiary/aromatic N) is 2. The average molecular weight is 294 g/mol. The van der Waals surface area contributed by atoms with Crippen molar-refractivity contribution in [3.8, 4) is 0 Å². The Labute approximate surface area is 131 Å². The smallest absolute Gasteiger partial charge is 0.265 e. The summed E-state index contributed by atoms with van der Waals surface area (Å²) in [6.45, 7) is 13.0. The Morgan fingerprint density at radius 3 is 2.82 bits per heavy atom. The lowest BCUT2D eigenvalue weighted by molar-refractivity contribution is 0.621. The molecule has 1 heterocycles. The molecule has 2 aromatic carbocycles. The highest BCUT2D eigenvalue weighted by Crippen LogP contribution is 2.32. The number of halogens is 1. The number of benzene rings is 2. The Hall–Kier alpha value is -2.34. The van der Waals surface area contributed by atoms with Gasteiger partial charge in [-0.05, 0) is 61.2 Å². The van der Waals surface area contributed by atoms with Gasteiger partial charge < -0.3 is 9.74 Å². The predicted octanol–water partition coefficient (Wildman–Crippen LogP) is 4.47. The largest absolute Gasteiger partial charge is 0.363 e. The maximum absolute atomic E-state index is 13.6. The van der Waals surface area contributed by atoms with E-state index in [4.69, 9.17) is 6.57 Å². The van der Waals surface area contributed by atoms with Crippen LogP contribution in [0.2, 0.25) is 0 Å². The van der Waals surface area contributed by atoms with E-state index in [2.05, 4.69) is 34.9 Å². The van der Waals surface area contributed by atoms with Crippen molar-refractivity contribution >= 4 is 5.69 Å². The Balaban J connectivity index is 1.87. The molecular weight excluding hydrogens is 275 g/mol. The fourth-order valence-electron chi connectivity index (χ4n) is 3.25. The molecule has 3 heteroatoms. The molecule has 3 rings (SSSR count). The van der Waals surface area contributed by atoms with E-state index >= 15 is 0 Å². The predicted molar refractivity (Wildman–Crippen MR) is 87.6 cm³/mol. The number of anilines is 1. The van der Waals surface area contributed by atoms with Crippen LogP contribution >= 0.6 is 0 Å². The standard InChI is InChI=1S/C19H19FN2/c1-13-9-15(11-16(20)10-13)18(21-3)12-22-8-7-17-14(2)5-4-6-19(17)22/h4-6,9-11,18H,7-8,12H2,1-2H3. The monoisotopic (exact) mass is 294 g/mol. The van der Waals surface area contributed by atoms with Gasteiger partial charge in [0.1, 0.15) is 5.82 Å². The zero-order chi connectivity index (χ0) is 15.7. The van der Waals surface area contributed by atoms with Gasteiger partial charge in [0.05, 0.1) is 6.54 Å². The molecule has 112 valence electrons. The van der Waals surface area contributed by atoms with Crippen LogP contribution in [0, 0.1) is 26.2 Å². The third-order valence-corrected chi connectivity index (χ3v) is 4.36. The van der Waals surface area contributed by atoms with Gasteiger partial charge in [-0.3, -0.25) is 0 Å². The molecule has 2 nitrogen and oxygen atoms in total. The normalized spacial score (nSPS) is 14.5. The molecule has 0 radical (unpaired) electrons. The van der Waals surface area contributed by atoms with Crippen LogP contribution in [0.1, 0.15) is 28.3 Å². The molecule has 0 aromatic heterocycles. The van der Waals surface area contributed by atoms with E-state index in [1.54, 1.807) is 0 Å². The van der Waals surface area contributed by atoms with Crippen molar-refractivity contribution in [2.24, 2.45) is 0 Å². The third kappa shape index (κ3) is 2.69. The van der Waals surface area contributed by atoms with Crippen molar-refractivity contribution in [2.45, 2.75) is 26.3 Å². The second-order valence-corrected chi connectivity index (χ2v) is 5.98. The molecular formula is C19H19FN2. The number of hydrogen-bond acceptors (Lipinski definition) is 1. The molecule has 0 spiro atoms. The number of fused-ring (bicyclic) bond motifs is 1. The first kappa shape index (κ1) is 14.6. The zero-order valence-corrected chi connectivity index (χ0v) is 12.9. The van der Waals surface area contributed by atoms with Crippen LogP contribution < -0.4 is 4.90 Å². The van der Waals surface area contributed by atoms with Gasteiger partial charge in [-0.1, -0.05) is 12.1 Å². The number of aryl methyl sites for hydroxylation is 2. The van der Waals surface area contributed by atoms with E-state index < -0.39 is 0 Å². The summed E-state index contributed by atoms with van der Waals surface area (Å²) in [7, 11) is 0. The fourth-order valence-corrected chi connectivity index (χ4v) is 3.25. The minimum atomic E-state index is -0.333. The lowest BCUT2D eigenvalue weighted by Gasteiger charge is -2.20. The van der Waals surface area contributed by atoms with Crippen LogP contribution in [0.5, 0.6) is 0 Å². The van der Waals surface area contributed by atoms with Crippen LogP contribution in [-0.2, 0) is 6.42 Å². The third-order valence-electron chi connectivity index (χ3n) is 4.36. The molecule has 0 saturated carbocycles. The Bertz CT molecular complexity index is 725. The molecule has 22 heavy (non-hydrogen) atoms. The number of rotatable bonds is 3. The highest BCUT2D eigenvalue weighted by Gasteiger charge is 2.26. The molecule has 1 aliphatic heterocycles. The van der Waals surface area contributed by atoms with E-state index in [0.29, 0.717) is 6.54 Å². The molecule has 1 aliphatic rings. The maximum Gasteiger partial charge on any atom is 0.265 e. The molecule has 0 bridgehead atoms. The van der Waals surface area contributed by atoms with Crippen LogP contribution in [-0.4, -0.2) is 13.1 Å². The van der Waals surface area contributed by atoms with Crippen molar-refractivity contribution in [1.82, 2.24) is 0 Å². The first-order valence-corrected chi connectivity index (χ1v) is 7.55. The molecule has 0 fully saturated rings. The Kier molecular flexibility index (Phi) is 3.85. The average Bonchev–Trinajstić information content (AvgIpc) is 2.88. The van der Waals surface area contributed by atoms with Crippen LogP contribution in [0.25, 0.3) is 4.85 Å². The summed E-state index contributed by atoms with van der Waals surface area (Å²) in [4.78, 5) is 6.00. The van der Waals surface area contributed by atoms with Crippen LogP contribution in [0.3, 0.4) is 0 Å². The van der Waals surface area contributed by atoms with Crippen molar-refractivity contribution < 1.29 is 4.39 Å². The van der Waals surface area contributed by atoms with Crippen molar-refractivity contribution in [3.63, 3.8) is 0 Å². The van der Waals surface area contributed by atoms with Crippen LogP contribution in [0.15, 0.2) is 36.4 Å². The van der Waals surface area contributed by atoms with Gasteiger partial charge >= 0.3 is 0 Å². The second-order valence-electron chi connectivity index (χ2n) is 5.98. The van der Waals surface area contributed by atoms with Gasteiger partial charge in [0.15, 0.2) is 0 Å². The fraction of sp³-hybridized carbons (Fsp3) is 0.316. The molecule has 2 aromatic rings. The van der Waals surface area contributed by atoms with E-state index in [1.165, 1.54) is 28.9 Å². The van der Waals surface area contributed by atoms with Gasteiger partial charge in [0.25, 0.3) is 6.04 Å². The Morgan fingerprint density at radius 2 is 2.09 bits per heavy atom. The van der Waals surface area contributed by atoms with Gasteiger partial charge in [0.2, 0.25) is 0 Å².